The SMILES string of the molecule is CN(Cc1ccccc1)S(=O)(=O)c1ccccc1CN.Cl. The van der Waals surface area contributed by atoms with Gasteiger partial charge in [0.25, 0.3) is 0 Å². The van der Waals surface area contributed by atoms with Crippen molar-refractivity contribution in [3.8, 4) is 0 Å². The summed E-state index contributed by atoms with van der Waals surface area (Å²) in [6.07, 6.45) is 0. The Morgan fingerprint density at radius 2 is 1.57 bits per heavy atom. The molecule has 0 saturated carbocycles. The van der Waals surface area contributed by atoms with Gasteiger partial charge in [0.05, 0.1) is 4.90 Å². The van der Waals surface area contributed by atoms with E-state index in [0.29, 0.717) is 12.1 Å². The van der Waals surface area contributed by atoms with E-state index in [1.165, 1.54) is 4.31 Å². The molecule has 0 aliphatic heterocycles. The normalized spacial score (nSPS) is 11.2. The lowest BCUT2D eigenvalue weighted by Crippen LogP contribution is -2.27. The Bertz CT molecular complexity index is 675. The average molecular weight is 327 g/mol. The largest absolute Gasteiger partial charge is 0.326 e. The molecule has 0 spiro atoms. The molecule has 0 radical (unpaired) electrons. The minimum Gasteiger partial charge on any atom is -0.326 e. The van der Waals surface area contributed by atoms with Crippen LogP contribution in [0, 0.1) is 0 Å². The van der Waals surface area contributed by atoms with Gasteiger partial charge in [-0.25, -0.2) is 8.42 Å². The lowest BCUT2D eigenvalue weighted by atomic mass is 10.2. The van der Waals surface area contributed by atoms with Crippen molar-refractivity contribution in [3.05, 3.63) is 65.7 Å². The fourth-order valence-electron chi connectivity index (χ4n) is 2.02. The zero-order valence-electron chi connectivity index (χ0n) is 11.8. The van der Waals surface area contributed by atoms with Gasteiger partial charge < -0.3 is 5.73 Å². The molecule has 0 atom stereocenters. The summed E-state index contributed by atoms with van der Waals surface area (Å²) in [7, 11) is -1.95. The standard InChI is InChI=1S/C15H18N2O2S.ClH/c1-17(12-13-7-3-2-4-8-13)20(18,19)15-10-6-5-9-14(15)11-16;/h2-10H,11-12,16H2,1H3;1H. The van der Waals surface area contributed by atoms with Crippen molar-refractivity contribution < 1.29 is 8.42 Å². The molecule has 0 saturated heterocycles. The highest BCUT2D eigenvalue weighted by atomic mass is 35.5. The van der Waals surface area contributed by atoms with Crippen molar-refractivity contribution >= 4 is 22.4 Å². The minimum absolute atomic E-state index is 0. The maximum absolute atomic E-state index is 12.6. The van der Waals surface area contributed by atoms with Crippen LogP contribution in [0.1, 0.15) is 11.1 Å². The van der Waals surface area contributed by atoms with Gasteiger partial charge in [0.2, 0.25) is 10.0 Å². The number of nitrogens with two attached hydrogens (primary N) is 1. The molecule has 21 heavy (non-hydrogen) atoms. The number of benzene rings is 2. The monoisotopic (exact) mass is 326 g/mol. The molecule has 2 N–H and O–H groups in total. The molecule has 2 aromatic rings. The number of hydrogen-bond donors (Lipinski definition) is 1. The predicted molar refractivity (Wildman–Crippen MR) is 86.7 cm³/mol. The second-order valence-electron chi connectivity index (χ2n) is 4.56. The molecule has 0 aliphatic rings. The third-order valence-corrected chi connectivity index (χ3v) is 5.03. The maximum atomic E-state index is 12.6. The molecule has 0 heterocycles. The van der Waals surface area contributed by atoms with Gasteiger partial charge in [0.15, 0.2) is 0 Å². The van der Waals surface area contributed by atoms with Crippen molar-refractivity contribution in [2.75, 3.05) is 7.05 Å². The Morgan fingerprint density at radius 3 is 2.19 bits per heavy atom. The molecule has 0 amide bonds. The van der Waals surface area contributed by atoms with Crippen LogP contribution in [0.25, 0.3) is 0 Å². The second-order valence-corrected chi connectivity index (χ2v) is 6.57. The number of hydrogen-bond acceptors (Lipinski definition) is 3. The van der Waals surface area contributed by atoms with Crippen molar-refractivity contribution in [1.29, 1.82) is 0 Å². The van der Waals surface area contributed by atoms with Crippen LogP contribution < -0.4 is 5.73 Å². The molecule has 0 unspecified atom stereocenters. The molecular weight excluding hydrogens is 308 g/mol. The van der Waals surface area contributed by atoms with E-state index in [2.05, 4.69) is 0 Å². The first-order valence-corrected chi connectivity index (χ1v) is 7.78. The van der Waals surface area contributed by atoms with Gasteiger partial charge in [-0.05, 0) is 17.2 Å². The fraction of sp³-hybridized carbons (Fsp3) is 0.200. The lowest BCUT2D eigenvalue weighted by Gasteiger charge is -2.19. The molecule has 2 rings (SSSR count). The fourth-order valence-corrected chi connectivity index (χ4v) is 3.41. The molecule has 0 bridgehead atoms. The molecule has 0 fully saturated rings. The lowest BCUT2D eigenvalue weighted by molar-refractivity contribution is 0.466. The zero-order chi connectivity index (χ0) is 14.6. The van der Waals surface area contributed by atoms with Crippen molar-refractivity contribution in [3.63, 3.8) is 0 Å². The molecule has 0 aliphatic carbocycles. The summed E-state index contributed by atoms with van der Waals surface area (Å²) in [5.74, 6) is 0. The van der Waals surface area contributed by atoms with Gasteiger partial charge in [0.1, 0.15) is 0 Å². The average Bonchev–Trinajstić information content (AvgIpc) is 2.48. The Kier molecular flexibility index (Phi) is 6.36. The van der Waals surface area contributed by atoms with Gasteiger partial charge >= 0.3 is 0 Å². The van der Waals surface area contributed by atoms with E-state index in [9.17, 15) is 8.42 Å². The summed E-state index contributed by atoms with van der Waals surface area (Å²) < 4.78 is 26.5. The van der Waals surface area contributed by atoms with Crippen LogP contribution >= 0.6 is 12.4 Å². The van der Waals surface area contributed by atoms with Gasteiger partial charge in [-0.3, -0.25) is 0 Å². The molecule has 114 valence electrons. The minimum atomic E-state index is -3.53. The van der Waals surface area contributed by atoms with Crippen molar-refractivity contribution in [2.45, 2.75) is 18.0 Å². The van der Waals surface area contributed by atoms with Crippen LogP contribution in [0.15, 0.2) is 59.5 Å². The Morgan fingerprint density at radius 1 is 1.00 bits per heavy atom. The summed E-state index contributed by atoms with van der Waals surface area (Å²) in [4.78, 5) is 0.279. The van der Waals surface area contributed by atoms with Crippen LogP contribution in [-0.2, 0) is 23.1 Å². The van der Waals surface area contributed by atoms with E-state index in [-0.39, 0.29) is 23.8 Å². The van der Waals surface area contributed by atoms with E-state index in [1.54, 1.807) is 31.3 Å². The van der Waals surface area contributed by atoms with Gasteiger partial charge in [-0.1, -0.05) is 48.5 Å². The first-order valence-electron chi connectivity index (χ1n) is 6.34. The van der Waals surface area contributed by atoms with E-state index in [0.717, 1.165) is 5.56 Å². The van der Waals surface area contributed by atoms with Crippen molar-refractivity contribution in [1.82, 2.24) is 4.31 Å². The number of sulfonamides is 1. The van der Waals surface area contributed by atoms with E-state index < -0.39 is 10.0 Å². The van der Waals surface area contributed by atoms with Crippen LogP contribution in [-0.4, -0.2) is 19.8 Å². The summed E-state index contributed by atoms with van der Waals surface area (Å²) in [5, 5.41) is 0. The molecule has 4 nitrogen and oxygen atoms in total. The first kappa shape index (κ1) is 17.7. The second kappa shape index (κ2) is 7.56. The quantitative estimate of drug-likeness (QED) is 0.917. The van der Waals surface area contributed by atoms with Crippen LogP contribution in [0.3, 0.4) is 0 Å². The van der Waals surface area contributed by atoms with E-state index in [1.807, 2.05) is 30.3 Å². The van der Waals surface area contributed by atoms with E-state index in [4.69, 9.17) is 5.73 Å². The summed E-state index contributed by atoms with van der Waals surface area (Å²) >= 11 is 0. The molecule has 2 aromatic carbocycles. The zero-order valence-corrected chi connectivity index (χ0v) is 13.4. The van der Waals surface area contributed by atoms with Crippen molar-refractivity contribution in [2.24, 2.45) is 5.73 Å². The smallest absolute Gasteiger partial charge is 0.243 e. The van der Waals surface area contributed by atoms with Gasteiger partial charge in [0, 0.05) is 20.1 Å². The molecular formula is C15H19ClN2O2S. The summed E-state index contributed by atoms with van der Waals surface area (Å²) in [5.41, 5.74) is 7.20. The van der Waals surface area contributed by atoms with Gasteiger partial charge in [-0.15, -0.1) is 12.4 Å². The highest BCUT2D eigenvalue weighted by Crippen LogP contribution is 2.20. The highest BCUT2D eigenvalue weighted by Gasteiger charge is 2.23. The predicted octanol–water partition coefficient (Wildman–Crippen LogP) is 2.39. The van der Waals surface area contributed by atoms with Crippen LogP contribution in [0.2, 0.25) is 0 Å². The number of nitrogens with zero attached hydrogens (tertiary/aromatic N) is 1. The molecule has 6 heteroatoms. The summed E-state index contributed by atoms with van der Waals surface area (Å²) in [6.45, 7) is 0.538. The number of rotatable bonds is 5. The third kappa shape index (κ3) is 4.04. The van der Waals surface area contributed by atoms with E-state index >= 15 is 0 Å². The Balaban J connectivity index is 0.00000220. The summed E-state index contributed by atoms with van der Waals surface area (Å²) in [6, 6.07) is 16.3. The first-order chi connectivity index (χ1) is 9.55. The number of halogens is 1. The third-order valence-electron chi connectivity index (χ3n) is 3.13. The Hall–Kier alpha value is -1.40. The topological polar surface area (TPSA) is 63.4 Å². The van der Waals surface area contributed by atoms with Crippen LogP contribution in [0.5, 0.6) is 0 Å². The Labute approximate surface area is 132 Å². The van der Waals surface area contributed by atoms with Crippen LogP contribution in [0.4, 0.5) is 0 Å². The highest BCUT2D eigenvalue weighted by molar-refractivity contribution is 7.89. The maximum Gasteiger partial charge on any atom is 0.243 e. The van der Waals surface area contributed by atoms with Gasteiger partial charge in [-0.2, -0.15) is 4.31 Å². The molecule has 0 aromatic heterocycles.